The summed E-state index contributed by atoms with van der Waals surface area (Å²) in [6.45, 7) is 3.54. The summed E-state index contributed by atoms with van der Waals surface area (Å²) >= 11 is 0. The predicted molar refractivity (Wildman–Crippen MR) is 84.6 cm³/mol. The van der Waals surface area contributed by atoms with Crippen molar-refractivity contribution in [2.75, 3.05) is 13.1 Å². The van der Waals surface area contributed by atoms with Gasteiger partial charge in [0.25, 0.3) is 0 Å². The number of aryl methyl sites for hydroxylation is 1. The Morgan fingerprint density at radius 1 is 1.32 bits per heavy atom. The fraction of sp³-hybridized carbons (Fsp3) is 0.438. The Balaban J connectivity index is 1.80. The summed E-state index contributed by atoms with van der Waals surface area (Å²) in [6, 6.07) is 8.07. The molecule has 1 aliphatic heterocycles. The Bertz CT molecular complexity index is 649. The SMILES string of the molecule is Cc1ccc(-c2noc(C3CCCCN(C(=N)N)C3)n2)cc1. The lowest BCUT2D eigenvalue weighted by Crippen LogP contribution is -2.38. The summed E-state index contributed by atoms with van der Waals surface area (Å²) < 4.78 is 5.47. The van der Waals surface area contributed by atoms with E-state index in [1.54, 1.807) is 0 Å². The zero-order chi connectivity index (χ0) is 15.5. The highest BCUT2D eigenvalue weighted by Gasteiger charge is 2.25. The summed E-state index contributed by atoms with van der Waals surface area (Å²) in [5, 5.41) is 11.7. The number of guanidine groups is 1. The van der Waals surface area contributed by atoms with E-state index in [1.165, 1.54) is 5.56 Å². The molecule has 1 atom stereocenters. The molecule has 6 heteroatoms. The highest BCUT2D eigenvalue weighted by Crippen LogP contribution is 2.27. The monoisotopic (exact) mass is 299 g/mol. The Morgan fingerprint density at radius 2 is 2.09 bits per heavy atom. The van der Waals surface area contributed by atoms with Crippen LogP contribution in [0.15, 0.2) is 28.8 Å². The van der Waals surface area contributed by atoms with Crippen LogP contribution in [0.3, 0.4) is 0 Å². The van der Waals surface area contributed by atoms with Gasteiger partial charge < -0.3 is 15.2 Å². The van der Waals surface area contributed by atoms with Crippen LogP contribution < -0.4 is 5.73 Å². The first-order valence-corrected chi connectivity index (χ1v) is 7.63. The minimum atomic E-state index is 0.116. The molecule has 2 aromatic rings. The van der Waals surface area contributed by atoms with Gasteiger partial charge in [-0.15, -0.1) is 0 Å². The number of nitrogens with one attached hydrogen (secondary N) is 1. The van der Waals surface area contributed by atoms with Crippen molar-refractivity contribution in [3.05, 3.63) is 35.7 Å². The predicted octanol–water partition coefficient (Wildman–Crippen LogP) is 2.51. The molecule has 1 aromatic heterocycles. The zero-order valence-electron chi connectivity index (χ0n) is 12.7. The minimum absolute atomic E-state index is 0.116. The molecule has 0 aliphatic carbocycles. The minimum Gasteiger partial charge on any atom is -0.370 e. The largest absolute Gasteiger partial charge is 0.370 e. The van der Waals surface area contributed by atoms with E-state index in [1.807, 2.05) is 36.1 Å². The van der Waals surface area contributed by atoms with Crippen molar-refractivity contribution >= 4 is 5.96 Å². The van der Waals surface area contributed by atoms with Crippen LogP contribution in [-0.2, 0) is 0 Å². The van der Waals surface area contributed by atoms with E-state index >= 15 is 0 Å². The van der Waals surface area contributed by atoms with Crippen LogP contribution in [0.1, 0.15) is 36.6 Å². The number of aromatic nitrogens is 2. The van der Waals surface area contributed by atoms with E-state index in [0.29, 0.717) is 18.3 Å². The van der Waals surface area contributed by atoms with Gasteiger partial charge in [-0.25, -0.2) is 0 Å². The molecule has 22 heavy (non-hydrogen) atoms. The molecule has 116 valence electrons. The Morgan fingerprint density at radius 3 is 2.82 bits per heavy atom. The summed E-state index contributed by atoms with van der Waals surface area (Å²) in [5.74, 6) is 1.51. The van der Waals surface area contributed by atoms with Crippen molar-refractivity contribution in [1.82, 2.24) is 15.0 Å². The quantitative estimate of drug-likeness (QED) is 0.656. The number of hydrogen-bond donors (Lipinski definition) is 2. The molecule has 1 aliphatic rings. The Kier molecular flexibility index (Phi) is 4.09. The maximum absolute atomic E-state index is 7.64. The Labute approximate surface area is 129 Å². The molecule has 0 spiro atoms. The van der Waals surface area contributed by atoms with Gasteiger partial charge in [0.15, 0.2) is 5.96 Å². The standard InChI is InChI=1S/C16H21N5O/c1-11-5-7-12(8-6-11)14-19-15(22-20-14)13-4-2-3-9-21(10-13)16(17)18/h5-8,13H,2-4,9-10H2,1H3,(H3,17,18). The fourth-order valence-electron chi connectivity index (χ4n) is 2.78. The number of benzene rings is 1. The van der Waals surface area contributed by atoms with Gasteiger partial charge in [-0.1, -0.05) is 41.4 Å². The van der Waals surface area contributed by atoms with Gasteiger partial charge in [0.2, 0.25) is 11.7 Å². The third-order valence-electron chi connectivity index (χ3n) is 4.11. The second kappa shape index (κ2) is 6.17. The molecule has 2 heterocycles. The summed E-state index contributed by atoms with van der Waals surface area (Å²) in [6.07, 6.45) is 3.10. The highest BCUT2D eigenvalue weighted by molar-refractivity contribution is 5.74. The molecule has 1 unspecified atom stereocenters. The lowest BCUT2D eigenvalue weighted by Gasteiger charge is -2.22. The van der Waals surface area contributed by atoms with Crippen LogP contribution in [-0.4, -0.2) is 34.1 Å². The van der Waals surface area contributed by atoms with Gasteiger partial charge in [-0.3, -0.25) is 5.41 Å². The molecule has 3 rings (SSSR count). The second-order valence-corrected chi connectivity index (χ2v) is 5.85. The fourth-order valence-corrected chi connectivity index (χ4v) is 2.78. The van der Waals surface area contributed by atoms with E-state index < -0.39 is 0 Å². The topological polar surface area (TPSA) is 92.0 Å². The van der Waals surface area contributed by atoms with Gasteiger partial charge in [-0.2, -0.15) is 4.98 Å². The van der Waals surface area contributed by atoms with E-state index in [-0.39, 0.29) is 11.9 Å². The van der Waals surface area contributed by atoms with Crippen LogP contribution in [0, 0.1) is 12.3 Å². The number of nitrogens with two attached hydrogens (primary N) is 1. The maximum Gasteiger partial charge on any atom is 0.231 e. The van der Waals surface area contributed by atoms with Crippen LogP contribution in [0.4, 0.5) is 0 Å². The first-order valence-electron chi connectivity index (χ1n) is 7.63. The summed E-state index contributed by atoms with van der Waals surface area (Å²) in [5.41, 5.74) is 7.79. The van der Waals surface area contributed by atoms with Gasteiger partial charge in [0, 0.05) is 18.7 Å². The molecule has 0 saturated carbocycles. The number of hydrogen-bond acceptors (Lipinski definition) is 4. The van der Waals surface area contributed by atoms with Gasteiger partial charge in [0.1, 0.15) is 0 Å². The summed E-state index contributed by atoms with van der Waals surface area (Å²) in [4.78, 5) is 6.44. The van der Waals surface area contributed by atoms with E-state index in [9.17, 15) is 0 Å². The van der Waals surface area contributed by atoms with Crippen molar-refractivity contribution in [1.29, 1.82) is 5.41 Å². The smallest absolute Gasteiger partial charge is 0.231 e. The highest BCUT2D eigenvalue weighted by atomic mass is 16.5. The lowest BCUT2D eigenvalue weighted by atomic mass is 10.0. The van der Waals surface area contributed by atoms with Crippen molar-refractivity contribution < 1.29 is 4.52 Å². The molecule has 1 aromatic carbocycles. The first-order chi connectivity index (χ1) is 10.6. The average Bonchev–Trinajstić information content (AvgIpc) is 2.85. The van der Waals surface area contributed by atoms with Gasteiger partial charge in [-0.05, 0) is 19.8 Å². The van der Waals surface area contributed by atoms with Crippen LogP contribution in [0.2, 0.25) is 0 Å². The van der Waals surface area contributed by atoms with Crippen LogP contribution in [0.25, 0.3) is 11.4 Å². The van der Waals surface area contributed by atoms with Crippen molar-refractivity contribution in [3.63, 3.8) is 0 Å². The number of rotatable bonds is 2. The molecule has 3 N–H and O–H groups in total. The molecule has 0 amide bonds. The third-order valence-corrected chi connectivity index (χ3v) is 4.11. The molecule has 1 fully saturated rings. The number of nitrogens with zero attached hydrogens (tertiary/aromatic N) is 3. The molecule has 0 bridgehead atoms. The molecule has 6 nitrogen and oxygen atoms in total. The molecule has 1 saturated heterocycles. The molecule has 0 radical (unpaired) electrons. The summed E-state index contributed by atoms with van der Waals surface area (Å²) in [7, 11) is 0. The number of likely N-dealkylation sites (tertiary alicyclic amines) is 1. The lowest BCUT2D eigenvalue weighted by molar-refractivity contribution is 0.319. The van der Waals surface area contributed by atoms with E-state index in [4.69, 9.17) is 15.7 Å². The van der Waals surface area contributed by atoms with Crippen LogP contribution >= 0.6 is 0 Å². The van der Waals surface area contributed by atoms with Crippen LogP contribution in [0.5, 0.6) is 0 Å². The zero-order valence-corrected chi connectivity index (χ0v) is 12.7. The van der Waals surface area contributed by atoms with Gasteiger partial charge >= 0.3 is 0 Å². The van der Waals surface area contributed by atoms with Crippen molar-refractivity contribution in [2.45, 2.75) is 32.1 Å². The van der Waals surface area contributed by atoms with Crippen molar-refractivity contribution in [3.8, 4) is 11.4 Å². The maximum atomic E-state index is 7.64. The normalized spacial score (nSPS) is 19.0. The third kappa shape index (κ3) is 3.10. The first kappa shape index (κ1) is 14.6. The van der Waals surface area contributed by atoms with Gasteiger partial charge in [0.05, 0.1) is 5.92 Å². The van der Waals surface area contributed by atoms with Crippen molar-refractivity contribution in [2.24, 2.45) is 5.73 Å². The average molecular weight is 299 g/mol. The second-order valence-electron chi connectivity index (χ2n) is 5.85. The van der Waals surface area contributed by atoms with E-state index in [0.717, 1.165) is 31.4 Å². The molecular weight excluding hydrogens is 278 g/mol. The Hall–Kier alpha value is -2.37. The van der Waals surface area contributed by atoms with E-state index in [2.05, 4.69) is 10.1 Å². The molecular formula is C16H21N5O.